The van der Waals surface area contributed by atoms with Gasteiger partial charge in [0, 0.05) is 0 Å². The Kier molecular flexibility index (Phi) is 3.15. The Bertz CT molecular complexity index is 610. The molecule has 0 aromatic rings. The molecule has 6 heteroatoms. The number of carbonyl (C=O) groups is 4. The normalized spacial score (nSPS) is 46.2. The third-order valence-corrected chi connectivity index (χ3v) is 6.65. The van der Waals surface area contributed by atoms with Crippen LogP contribution < -0.4 is 0 Å². The van der Waals surface area contributed by atoms with E-state index in [4.69, 9.17) is 9.47 Å². The van der Waals surface area contributed by atoms with Crippen LogP contribution in [0.3, 0.4) is 0 Å². The Balaban J connectivity index is 1.52. The lowest BCUT2D eigenvalue weighted by molar-refractivity contribution is -0.155. The molecule has 0 N–H and O–H groups in total. The maximum Gasteiger partial charge on any atom is 0.317 e. The fourth-order valence-corrected chi connectivity index (χ4v) is 5.18. The van der Waals surface area contributed by atoms with Gasteiger partial charge in [-0.1, -0.05) is 6.92 Å². The van der Waals surface area contributed by atoms with Crippen LogP contribution in [-0.2, 0) is 28.7 Å². The molecule has 124 valence electrons. The first kappa shape index (κ1) is 14.8. The van der Waals surface area contributed by atoms with E-state index in [0.29, 0.717) is 25.7 Å². The summed E-state index contributed by atoms with van der Waals surface area (Å²) in [5.41, 5.74) is -0.0955. The Morgan fingerprint density at radius 3 is 2.04 bits per heavy atom. The zero-order valence-corrected chi connectivity index (χ0v) is 13.1. The first-order valence-corrected chi connectivity index (χ1v) is 8.40. The number of rotatable bonds is 1. The van der Waals surface area contributed by atoms with Crippen molar-refractivity contribution in [1.82, 2.24) is 0 Å². The first-order valence-electron chi connectivity index (χ1n) is 8.40. The SMILES string of the molecule is CC1(C2CCC3C(=O)OC(=O)C3C2)CCC2C(=O)OC(=O)C2C1. The van der Waals surface area contributed by atoms with E-state index < -0.39 is 11.9 Å². The van der Waals surface area contributed by atoms with Crippen molar-refractivity contribution >= 4 is 23.9 Å². The predicted octanol–water partition coefficient (Wildman–Crippen LogP) is 1.61. The maximum absolute atomic E-state index is 11.9. The van der Waals surface area contributed by atoms with Crippen LogP contribution in [0.25, 0.3) is 0 Å². The van der Waals surface area contributed by atoms with Crippen LogP contribution >= 0.6 is 0 Å². The van der Waals surface area contributed by atoms with Crippen molar-refractivity contribution in [1.29, 1.82) is 0 Å². The molecule has 2 aliphatic carbocycles. The third kappa shape index (κ3) is 2.14. The molecule has 2 aliphatic heterocycles. The molecule has 0 aromatic heterocycles. The van der Waals surface area contributed by atoms with E-state index >= 15 is 0 Å². The summed E-state index contributed by atoms with van der Waals surface area (Å²) in [7, 11) is 0. The van der Waals surface area contributed by atoms with Gasteiger partial charge in [0.05, 0.1) is 23.7 Å². The number of ether oxygens (including phenoxy) is 2. The van der Waals surface area contributed by atoms with Gasteiger partial charge in [-0.05, 0) is 49.9 Å². The Morgan fingerprint density at radius 2 is 1.35 bits per heavy atom. The van der Waals surface area contributed by atoms with E-state index in [-0.39, 0.29) is 46.9 Å². The largest absolute Gasteiger partial charge is 0.393 e. The number of esters is 4. The lowest BCUT2D eigenvalue weighted by Gasteiger charge is -2.46. The molecule has 4 rings (SSSR count). The van der Waals surface area contributed by atoms with Crippen LogP contribution in [0.5, 0.6) is 0 Å². The summed E-state index contributed by atoms with van der Waals surface area (Å²) in [5.74, 6) is -2.50. The number of cyclic esters (lactones) is 4. The molecule has 0 radical (unpaired) electrons. The number of carbonyl (C=O) groups excluding carboxylic acids is 4. The average molecular weight is 320 g/mol. The van der Waals surface area contributed by atoms with E-state index in [1.807, 2.05) is 0 Å². The average Bonchev–Trinajstić information content (AvgIpc) is 2.96. The molecule has 2 saturated carbocycles. The molecule has 6 nitrogen and oxygen atoms in total. The van der Waals surface area contributed by atoms with E-state index in [9.17, 15) is 19.2 Å². The van der Waals surface area contributed by atoms with Crippen LogP contribution in [0.1, 0.15) is 45.4 Å². The second kappa shape index (κ2) is 4.89. The second-order valence-corrected chi connectivity index (χ2v) is 7.81. The Morgan fingerprint density at radius 1 is 0.783 bits per heavy atom. The van der Waals surface area contributed by atoms with Crippen molar-refractivity contribution in [3.05, 3.63) is 0 Å². The summed E-state index contributed by atoms with van der Waals surface area (Å²) in [5, 5.41) is 0. The fraction of sp³-hybridized carbons (Fsp3) is 0.765. The van der Waals surface area contributed by atoms with Crippen LogP contribution in [0.2, 0.25) is 0 Å². The van der Waals surface area contributed by atoms with E-state index in [1.165, 1.54) is 0 Å². The third-order valence-electron chi connectivity index (χ3n) is 6.65. The molecule has 6 unspecified atom stereocenters. The second-order valence-electron chi connectivity index (χ2n) is 7.81. The molecule has 0 aromatic carbocycles. The monoisotopic (exact) mass is 320 g/mol. The molecular formula is C17H20O6. The molecule has 2 heterocycles. The maximum atomic E-state index is 11.9. The minimum absolute atomic E-state index is 0.0955. The minimum atomic E-state index is -0.393. The van der Waals surface area contributed by atoms with Gasteiger partial charge in [-0.2, -0.15) is 0 Å². The van der Waals surface area contributed by atoms with Gasteiger partial charge in [0.1, 0.15) is 0 Å². The predicted molar refractivity (Wildman–Crippen MR) is 75.5 cm³/mol. The van der Waals surface area contributed by atoms with Crippen LogP contribution in [-0.4, -0.2) is 23.9 Å². The topological polar surface area (TPSA) is 86.7 Å². The highest BCUT2D eigenvalue weighted by molar-refractivity contribution is 5.97. The summed E-state index contributed by atoms with van der Waals surface area (Å²) < 4.78 is 9.57. The first-order chi connectivity index (χ1) is 10.9. The zero-order valence-electron chi connectivity index (χ0n) is 13.1. The highest BCUT2D eigenvalue weighted by Crippen LogP contribution is 2.55. The van der Waals surface area contributed by atoms with Crippen molar-refractivity contribution in [3.8, 4) is 0 Å². The smallest absolute Gasteiger partial charge is 0.317 e. The van der Waals surface area contributed by atoms with Gasteiger partial charge in [-0.15, -0.1) is 0 Å². The van der Waals surface area contributed by atoms with Crippen LogP contribution in [0.4, 0.5) is 0 Å². The standard InChI is InChI=1S/C17H20O6/c1-17(5-4-10-12(7-17)16(21)23-14(10)19)8-2-3-9-11(6-8)15(20)22-13(9)18/h8-12H,2-7H2,1H3. The van der Waals surface area contributed by atoms with Crippen molar-refractivity contribution in [2.24, 2.45) is 35.0 Å². The van der Waals surface area contributed by atoms with Gasteiger partial charge in [0.15, 0.2) is 0 Å². The number of hydrogen-bond donors (Lipinski definition) is 0. The van der Waals surface area contributed by atoms with Gasteiger partial charge in [-0.3, -0.25) is 19.2 Å². The van der Waals surface area contributed by atoms with Crippen molar-refractivity contribution in [3.63, 3.8) is 0 Å². The minimum Gasteiger partial charge on any atom is -0.393 e. The molecule has 23 heavy (non-hydrogen) atoms. The van der Waals surface area contributed by atoms with Gasteiger partial charge >= 0.3 is 23.9 Å². The van der Waals surface area contributed by atoms with Gasteiger partial charge < -0.3 is 9.47 Å². The molecule has 0 bridgehead atoms. The van der Waals surface area contributed by atoms with Crippen molar-refractivity contribution in [2.45, 2.75) is 45.4 Å². The lowest BCUT2D eigenvalue weighted by Crippen LogP contribution is -2.42. The Labute approximate surface area is 133 Å². The molecule has 4 aliphatic rings. The highest BCUT2D eigenvalue weighted by Gasteiger charge is 2.56. The van der Waals surface area contributed by atoms with Gasteiger partial charge in [0.25, 0.3) is 0 Å². The molecule has 0 spiro atoms. The molecule has 0 amide bonds. The summed E-state index contributed by atoms with van der Waals surface area (Å²) in [6.07, 6.45) is 4.33. The zero-order chi connectivity index (χ0) is 16.4. The quantitative estimate of drug-likeness (QED) is 0.539. The summed E-state index contributed by atoms with van der Waals surface area (Å²) >= 11 is 0. The highest BCUT2D eigenvalue weighted by atomic mass is 16.6. The number of fused-ring (bicyclic) bond motifs is 2. The molecule has 4 fully saturated rings. The van der Waals surface area contributed by atoms with E-state index in [0.717, 1.165) is 12.8 Å². The summed E-state index contributed by atoms with van der Waals surface area (Å²) in [4.78, 5) is 47.1. The Hall–Kier alpha value is -1.72. The van der Waals surface area contributed by atoms with Crippen LogP contribution in [0, 0.1) is 35.0 Å². The van der Waals surface area contributed by atoms with Crippen LogP contribution in [0.15, 0.2) is 0 Å². The summed E-state index contributed by atoms with van der Waals surface area (Å²) in [6.45, 7) is 2.15. The van der Waals surface area contributed by atoms with E-state index in [2.05, 4.69) is 6.92 Å². The molecular weight excluding hydrogens is 300 g/mol. The van der Waals surface area contributed by atoms with Crippen molar-refractivity contribution in [2.75, 3.05) is 0 Å². The lowest BCUT2D eigenvalue weighted by atomic mass is 9.56. The fourth-order valence-electron chi connectivity index (χ4n) is 5.18. The summed E-state index contributed by atoms with van der Waals surface area (Å²) in [6, 6.07) is 0. The number of hydrogen-bond acceptors (Lipinski definition) is 6. The molecule has 2 saturated heterocycles. The van der Waals surface area contributed by atoms with E-state index in [1.54, 1.807) is 0 Å². The van der Waals surface area contributed by atoms with Gasteiger partial charge in [-0.25, -0.2) is 0 Å². The molecule has 6 atom stereocenters. The van der Waals surface area contributed by atoms with Gasteiger partial charge in [0.2, 0.25) is 0 Å². The van der Waals surface area contributed by atoms with Crippen molar-refractivity contribution < 1.29 is 28.7 Å².